The van der Waals surface area contributed by atoms with Crippen LogP contribution in [0.3, 0.4) is 0 Å². The number of nitrogens with zero attached hydrogens (tertiary/aromatic N) is 1. The Bertz CT molecular complexity index is 853. The minimum atomic E-state index is -1.97. The van der Waals surface area contributed by atoms with Gasteiger partial charge in [-0.2, -0.15) is 0 Å². The summed E-state index contributed by atoms with van der Waals surface area (Å²) < 4.78 is 45.1. The first-order chi connectivity index (χ1) is 16.4. The molecule has 1 unspecified atom stereocenters. The van der Waals surface area contributed by atoms with Gasteiger partial charge in [-0.05, 0) is 65.7 Å². The van der Waals surface area contributed by atoms with Crippen molar-refractivity contribution < 1.29 is 37.4 Å². The average Bonchev–Trinajstić information content (AvgIpc) is 2.77. The molecule has 0 saturated carbocycles. The number of amides is 1. The van der Waals surface area contributed by atoms with Crippen LogP contribution < -0.4 is 11.1 Å². The number of hydrogen-bond donors (Lipinski definition) is 2. The van der Waals surface area contributed by atoms with Crippen LogP contribution in [0.15, 0.2) is 35.8 Å². The van der Waals surface area contributed by atoms with E-state index in [1.807, 2.05) is 0 Å². The van der Waals surface area contributed by atoms with Crippen molar-refractivity contribution in [1.29, 1.82) is 0 Å². The van der Waals surface area contributed by atoms with Gasteiger partial charge in [0.25, 0.3) is 0 Å². The number of allylic oxidation sites excluding steroid dienone is 1. The summed E-state index contributed by atoms with van der Waals surface area (Å²) in [6, 6.07) is 0. The quantitative estimate of drug-likeness (QED) is 0.191. The summed E-state index contributed by atoms with van der Waals surface area (Å²) in [5.41, 5.74) is 1.95. The molecule has 0 aromatic rings. The van der Waals surface area contributed by atoms with E-state index in [0.717, 1.165) is 11.1 Å². The van der Waals surface area contributed by atoms with E-state index in [0.29, 0.717) is 12.8 Å². The van der Waals surface area contributed by atoms with Crippen LogP contribution in [0.5, 0.6) is 0 Å². The molecular formula is C24H37F2N3O6. The molecule has 0 radical (unpaired) electrons. The van der Waals surface area contributed by atoms with E-state index in [1.165, 1.54) is 6.08 Å². The zero-order valence-corrected chi connectivity index (χ0v) is 21.1. The highest BCUT2D eigenvalue weighted by Gasteiger charge is 2.44. The van der Waals surface area contributed by atoms with Gasteiger partial charge in [-0.25, -0.2) is 23.2 Å². The number of nitrogens with one attached hydrogen (secondary N) is 1. The van der Waals surface area contributed by atoms with Crippen LogP contribution in [0.2, 0.25) is 0 Å². The molecule has 0 aliphatic heterocycles. The standard InChI is InChI=1S/C24H37F2N3O6/c1-7-29(19(21(31)34-9-3)18(27)20(30)33-8-2)15-24(14-25,16-12-10-11-13-17(16)26)28-22(32)35-23(4,5)6/h7,12,17H,1,8-11,13-15,27H2,2-6H3,(H,28,32)/b19-18-/t17-,24?/m0/s1. The minimum Gasteiger partial charge on any atom is -0.461 e. The highest BCUT2D eigenvalue weighted by Crippen LogP contribution is 2.33. The highest BCUT2D eigenvalue weighted by molar-refractivity contribution is 5.99. The van der Waals surface area contributed by atoms with Crippen molar-refractivity contribution in [1.82, 2.24) is 10.2 Å². The summed E-state index contributed by atoms with van der Waals surface area (Å²) in [6.07, 6.45) is 1.23. The fraction of sp³-hybridized carbons (Fsp3) is 0.625. The van der Waals surface area contributed by atoms with Crippen LogP contribution in [-0.4, -0.2) is 66.7 Å². The summed E-state index contributed by atoms with van der Waals surface area (Å²) >= 11 is 0. The number of carbonyl (C=O) groups is 3. The summed E-state index contributed by atoms with van der Waals surface area (Å²) in [5.74, 6) is -2.01. The Morgan fingerprint density at radius 1 is 1.23 bits per heavy atom. The molecule has 35 heavy (non-hydrogen) atoms. The number of ether oxygens (including phenoxy) is 3. The first-order valence-corrected chi connectivity index (χ1v) is 11.5. The fourth-order valence-electron chi connectivity index (χ4n) is 3.60. The fourth-order valence-corrected chi connectivity index (χ4v) is 3.60. The van der Waals surface area contributed by atoms with Crippen LogP contribution >= 0.6 is 0 Å². The van der Waals surface area contributed by atoms with Gasteiger partial charge >= 0.3 is 18.0 Å². The van der Waals surface area contributed by atoms with Crippen molar-refractivity contribution in [3.8, 4) is 0 Å². The number of alkyl carbamates (subject to hydrolysis) is 1. The van der Waals surface area contributed by atoms with Crippen molar-refractivity contribution in [3.63, 3.8) is 0 Å². The third-order valence-electron chi connectivity index (χ3n) is 5.05. The first kappa shape index (κ1) is 29.9. The maximum Gasteiger partial charge on any atom is 0.408 e. The molecule has 0 aromatic heterocycles. The lowest BCUT2D eigenvalue weighted by Gasteiger charge is -2.41. The molecule has 0 bridgehead atoms. The molecule has 1 amide bonds. The largest absolute Gasteiger partial charge is 0.461 e. The maximum atomic E-state index is 15.1. The van der Waals surface area contributed by atoms with Gasteiger partial charge in [-0.3, -0.25) is 0 Å². The van der Waals surface area contributed by atoms with E-state index in [-0.39, 0.29) is 25.2 Å². The van der Waals surface area contributed by atoms with E-state index in [9.17, 15) is 18.8 Å². The van der Waals surface area contributed by atoms with Crippen LogP contribution in [-0.2, 0) is 23.8 Å². The number of esters is 2. The van der Waals surface area contributed by atoms with Gasteiger partial charge in [0.2, 0.25) is 0 Å². The Morgan fingerprint density at radius 3 is 2.31 bits per heavy atom. The van der Waals surface area contributed by atoms with Crippen LogP contribution in [0, 0.1) is 0 Å². The lowest BCUT2D eigenvalue weighted by Crippen LogP contribution is -2.60. The summed E-state index contributed by atoms with van der Waals surface area (Å²) in [6.45, 7) is 9.75. The smallest absolute Gasteiger partial charge is 0.408 e. The van der Waals surface area contributed by atoms with Crippen molar-refractivity contribution >= 4 is 18.0 Å². The van der Waals surface area contributed by atoms with Gasteiger partial charge in [0, 0.05) is 0 Å². The molecule has 9 nitrogen and oxygen atoms in total. The topological polar surface area (TPSA) is 120 Å². The van der Waals surface area contributed by atoms with Gasteiger partial charge in [0.1, 0.15) is 29.7 Å². The van der Waals surface area contributed by atoms with Crippen molar-refractivity contribution in [3.05, 3.63) is 35.8 Å². The van der Waals surface area contributed by atoms with E-state index < -0.39 is 60.0 Å². The second kappa shape index (κ2) is 13.1. The second-order valence-electron chi connectivity index (χ2n) is 8.91. The Labute approximate surface area is 205 Å². The summed E-state index contributed by atoms with van der Waals surface area (Å²) in [7, 11) is 0. The summed E-state index contributed by atoms with van der Waals surface area (Å²) in [5, 5.41) is 2.46. The molecule has 0 spiro atoms. The molecule has 2 atom stereocenters. The number of rotatable bonds is 11. The number of hydrogen-bond acceptors (Lipinski definition) is 8. The van der Waals surface area contributed by atoms with Crippen LogP contribution in [0.1, 0.15) is 53.9 Å². The third-order valence-corrected chi connectivity index (χ3v) is 5.05. The first-order valence-electron chi connectivity index (χ1n) is 11.5. The van der Waals surface area contributed by atoms with Gasteiger partial charge in [-0.15, -0.1) is 0 Å². The zero-order chi connectivity index (χ0) is 26.8. The zero-order valence-electron chi connectivity index (χ0n) is 21.1. The van der Waals surface area contributed by atoms with Gasteiger partial charge in [0.15, 0.2) is 5.70 Å². The number of nitrogens with two attached hydrogens (primary N) is 1. The predicted molar refractivity (Wildman–Crippen MR) is 126 cm³/mol. The van der Waals surface area contributed by atoms with Crippen molar-refractivity contribution in [2.24, 2.45) is 5.73 Å². The second-order valence-corrected chi connectivity index (χ2v) is 8.91. The molecule has 11 heteroatoms. The van der Waals surface area contributed by atoms with Crippen molar-refractivity contribution in [2.45, 2.75) is 71.2 Å². The third kappa shape index (κ3) is 8.25. The van der Waals surface area contributed by atoms with Crippen LogP contribution in [0.4, 0.5) is 13.6 Å². The minimum absolute atomic E-state index is 0.0122. The van der Waals surface area contributed by atoms with E-state index in [4.69, 9.17) is 19.9 Å². The molecule has 0 saturated heterocycles. The average molecular weight is 502 g/mol. The Hall–Kier alpha value is -3.11. The molecule has 198 valence electrons. The number of alkyl halides is 2. The molecule has 0 fully saturated rings. The molecule has 0 heterocycles. The normalized spacial score (nSPS) is 18.3. The Balaban J connectivity index is 3.62. The van der Waals surface area contributed by atoms with Gasteiger partial charge in [-0.1, -0.05) is 12.7 Å². The van der Waals surface area contributed by atoms with Crippen LogP contribution in [0.25, 0.3) is 0 Å². The lowest BCUT2D eigenvalue weighted by molar-refractivity contribution is -0.143. The van der Waals surface area contributed by atoms with Gasteiger partial charge < -0.3 is 30.2 Å². The number of halogens is 2. The lowest BCUT2D eigenvalue weighted by atomic mass is 9.81. The molecule has 1 rings (SSSR count). The Kier molecular flexibility index (Phi) is 11.2. The van der Waals surface area contributed by atoms with Crippen molar-refractivity contribution in [2.75, 3.05) is 26.4 Å². The monoisotopic (exact) mass is 501 g/mol. The number of carbonyl (C=O) groups excluding carboxylic acids is 3. The molecular weight excluding hydrogens is 464 g/mol. The predicted octanol–water partition coefficient (Wildman–Crippen LogP) is 3.41. The van der Waals surface area contributed by atoms with E-state index >= 15 is 4.39 Å². The molecule has 3 N–H and O–H groups in total. The molecule has 1 aliphatic carbocycles. The highest BCUT2D eigenvalue weighted by atomic mass is 19.1. The molecule has 1 aliphatic rings. The summed E-state index contributed by atoms with van der Waals surface area (Å²) in [4.78, 5) is 38.8. The van der Waals surface area contributed by atoms with E-state index in [2.05, 4.69) is 11.9 Å². The maximum absolute atomic E-state index is 15.1. The van der Waals surface area contributed by atoms with E-state index in [1.54, 1.807) is 34.6 Å². The van der Waals surface area contributed by atoms with Gasteiger partial charge in [0.05, 0.1) is 19.8 Å². The molecule has 0 aromatic carbocycles. The Morgan fingerprint density at radius 2 is 1.83 bits per heavy atom. The SMILES string of the molecule is C=CN(CC(CF)(NC(=O)OC(C)(C)C)C1=CCCC[C@@H]1F)/C(C(=O)OCC)=C(\N)C(=O)OCC.